The zero-order valence-electron chi connectivity index (χ0n) is 61.7. The van der Waals surface area contributed by atoms with Gasteiger partial charge in [-0.2, -0.15) is 5.70 Å². The molecule has 7 heterocycles. The molecule has 1 aromatic heterocycles. The van der Waals surface area contributed by atoms with Crippen molar-refractivity contribution < 1.29 is 93.7 Å². The summed E-state index contributed by atoms with van der Waals surface area (Å²) in [6, 6.07) is 2.65. The Morgan fingerprint density at radius 2 is 1.38 bits per heavy atom. The predicted octanol–water partition coefficient (Wildman–Crippen LogP) is 4.49. The Balaban J connectivity index is 0.00000127. The Labute approximate surface area is 617 Å². The Hall–Kier alpha value is -7.57. The normalized spacial score (nSPS) is 31.1. The van der Waals surface area contributed by atoms with E-state index in [-0.39, 0.29) is 106 Å². The molecule has 6 aliphatic rings. The number of aliphatic imine (C=N–C) groups is 3. The molecular formula is C71H105CoN15O16P. The van der Waals surface area contributed by atoms with Gasteiger partial charge in [-0.1, -0.05) is 54.5 Å². The quantitative estimate of drug-likeness (QED) is 0.0366. The summed E-state index contributed by atoms with van der Waals surface area (Å²) in [5.74, 6) is -7.48. The second-order valence-electron chi connectivity index (χ2n) is 30.3. The van der Waals surface area contributed by atoms with Crippen LogP contribution in [0.15, 0.2) is 67.8 Å². The average molecular weight is 1510 g/mol. The molecule has 2 aromatic rings. The smallest absolute Gasteiger partial charge is 0.756 e. The van der Waals surface area contributed by atoms with Crippen molar-refractivity contribution in [3.05, 3.63) is 75.8 Å². The number of aliphatic carboxylic acids is 1. The van der Waals surface area contributed by atoms with Gasteiger partial charge in [-0.25, -0.2) is 4.98 Å². The number of aliphatic hydroxyl groups is 2. The van der Waals surface area contributed by atoms with Gasteiger partial charge in [0.1, 0.15) is 18.3 Å². The van der Waals surface area contributed by atoms with Crippen LogP contribution in [0.4, 0.5) is 0 Å². The molecule has 0 spiro atoms. The molecule has 1 aromatic carbocycles. The molecule has 33 heteroatoms. The van der Waals surface area contributed by atoms with Crippen molar-refractivity contribution in [2.45, 2.75) is 216 Å². The number of carbonyl (C=O) groups is 8. The number of phosphoric ester groups is 1. The van der Waals surface area contributed by atoms with Crippen LogP contribution in [0.3, 0.4) is 0 Å². The number of phosphoric acid groups is 1. The minimum Gasteiger partial charge on any atom is -0.756 e. The van der Waals surface area contributed by atoms with Crippen LogP contribution in [0.5, 0.6) is 0 Å². The van der Waals surface area contributed by atoms with E-state index in [4.69, 9.17) is 91.2 Å². The molecule has 7 amide bonds. The number of hydrogen-bond acceptors (Lipinski definition) is 21. The van der Waals surface area contributed by atoms with E-state index in [2.05, 4.69) is 24.1 Å². The molecule has 0 aliphatic carbocycles. The average Bonchev–Trinajstić information content (AvgIpc) is 1.53. The summed E-state index contributed by atoms with van der Waals surface area (Å²) in [4.78, 5) is 138. The SMILES string of the molecule is C/C1=C2/[N-][C@H]([C@H](CC(N)=O)[C@@]2(C)CCC(=O)NC[C@H](C)OP(=O)([O-])O[C@H]2[C@@H](O)[C@@H](n3cnc4cc(C)c(C)cc43)O[C@@H]2CO)[C@]2(C)N=C(/C(C)=C3N=C(/C=C4N=C1[C@@H](CCC(N)=O)C\4(C)C)[C@@H](CCC(N)=O)[C@]\3(C)CC(N)=O)[C@@H](CCC(N)=O)[C@]2(C)CC(N)=O.CC(C)C[C@H](CN)CC(=O)O.[C-]#N.[Co+3]. The molecule has 1 unspecified atom stereocenters. The van der Waals surface area contributed by atoms with Gasteiger partial charge in [0, 0.05) is 115 Å². The van der Waals surface area contributed by atoms with Crippen molar-refractivity contribution in [3.63, 3.8) is 0 Å². The summed E-state index contributed by atoms with van der Waals surface area (Å²) < 4.78 is 31.9. The van der Waals surface area contributed by atoms with Gasteiger partial charge in [-0.15, -0.1) is 0 Å². The Morgan fingerprint density at radius 3 is 1.91 bits per heavy atom. The number of amides is 7. The first-order chi connectivity index (χ1) is 47.9. The van der Waals surface area contributed by atoms with Gasteiger partial charge in [0.25, 0.3) is 7.82 Å². The van der Waals surface area contributed by atoms with Crippen LogP contribution in [0, 0.1) is 82.8 Å². The number of carbonyl (C=O) groups excluding carboxylic acids is 7. The fourth-order valence-electron chi connectivity index (χ4n) is 16.5. The number of fused-ring (bicyclic) bond motifs is 7. The molecule has 8 rings (SSSR count). The molecule has 104 heavy (non-hydrogen) atoms. The van der Waals surface area contributed by atoms with Crippen LogP contribution in [0.25, 0.3) is 16.4 Å². The predicted molar refractivity (Wildman–Crippen MR) is 381 cm³/mol. The fraction of sp³-hybridized carbons (Fsp3) is 0.648. The molecule has 31 nitrogen and oxygen atoms in total. The zero-order valence-corrected chi connectivity index (χ0v) is 63.6. The maximum atomic E-state index is 14.4. The van der Waals surface area contributed by atoms with E-state index in [9.17, 15) is 58.0 Å². The summed E-state index contributed by atoms with van der Waals surface area (Å²) in [5.41, 5.74) is 42.1. The molecular weight excluding hydrogens is 1410 g/mol. The minimum absolute atomic E-state index is 0. The van der Waals surface area contributed by atoms with Crippen molar-refractivity contribution in [2.75, 3.05) is 19.7 Å². The van der Waals surface area contributed by atoms with Gasteiger partial charge in [-0.05, 0) is 144 Å². The number of benzene rings is 1. The van der Waals surface area contributed by atoms with E-state index in [0.717, 1.165) is 17.5 Å². The van der Waals surface area contributed by atoms with Crippen molar-refractivity contribution in [2.24, 2.45) is 112 Å². The molecule has 18 N–H and O–H groups in total. The van der Waals surface area contributed by atoms with Crippen molar-refractivity contribution >= 4 is 83.3 Å². The van der Waals surface area contributed by atoms with Crippen molar-refractivity contribution in [1.82, 2.24) is 14.9 Å². The second kappa shape index (κ2) is 34.8. The van der Waals surface area contributed by atoms with Gasteiger partial charge < -0.3 is 101 Å². The number of hydrogen-bond donors (Lipinski definition) is 11. The van der Waals surface area contributed by atoms with Gasteiger partial charge in [0.2, 0.25) is 41.4 Å². The number of aliphatic hydroxyl groups excluding tert-OH is 2. The number of allylic oxidation sites excluding steroid dienone is 6. The maximum Gasteiger partial charge on any atom is 3.00 e. The molecule has 2 saturated heterocycles. The fourth-order valence-corrected chi connectivity index (χ4v) is 17.6. The summed E-state index contributed by atoms with van der Waals surface area (Å²) in [5, 5.41) is 44.8. The minimum atomic E-state index is -5.32. The maximum absolute atomic E-state index is 14.4. The van der Waals surface area contributed by atoms with Crippen molar-refractivity contribution in [3.8, 4) is 0 Å². The Bertz CT molecular complexity index is 3880. The number of primary amides is 6. The number of nitrogens with two attached hydrogens (primary N) is 7. The monoisotopic (exact) mass is 1510 g/mol. The number of nitrogens with one attached hydrogen (secondary N) is 1. The number of carboxylic acids is 1. The van der Waals surface area contributed by atoms with Gasteiger partial charge in [-0.3, -0.25) is 57.9 Å². The third-order valence-corrected chi connectivity index (χ3v) is 23.2. The number of carboxylic acid groups (broad SMARTS) is 1. The van der Waals surface area contributed by atoms with Crippen LogP contribution in [-0.4, -0.2) is 145 Å². The molecule has 0 radical (unpaired) electrons. The molecule has 16 atom stereocenters. The number of aromatic nitrogens is 2. The zero-order chi connectivity index (χ0) is 77.6. The van der Waals surface area contributed by atoms with E-state index in [1.54, 1.807) is 6.92 Å². The van der Waals surface area contributed by atoms with Crippen molar-refractivity contribution in [1.29, 1.82) is 5.26 Å². The second-order valence-corrected chi connectivity index (χ2v) is 31.6. The summed E-state index contributed by atoms with van der Waals surface area (Å²) in [6.45, 7) is 28.3. The number of rotatable bonds is 31. The van der Waals surface area contributed by atoms with E-state index >= 15 is 0 Å². The van der Waals surface area contributed by atoms with Gasteiger partial charge >= 0.3 is 22.7 Å². The van der Waals surface area contributed by atoms with Crippen LogP contribution >= 0.6 is 7.82 Å². The van der Waals surface area contributed by atoms with Crippen LogP contribution in [-0.2, 0) is 73.5 Å². The van der Waals surface area contributed by atoms with E-state index in [1.807, 2.05) is 80.5 Å². The van der Waals surface area contributed by atoms with Crippen LogP contribution in [0.1, 0.15) is 177 Å². The van der Waals surface area contributed by atoms with E-state index < -0.39 is 149 Å². The van der Waals surface area contributed by atoms with Gasteiger partial charge in [0.15, 0.2) is 6.23 Å². The number of imidazole rings is 1. The van der Waals surface area contributed by atoms with Crippen LogP contribution < -0.4 is 50.3 Å². The largest absolute Gasteiger partial charge is 3.00 e. The third-order valence-electron chi connectivity index (χ3n) is 22.1. The molecule has 2 fully saturated rings. The number of ether oxygens (including phenoxy) is 1. The molecule has 8 bridgehead atoms. The summed E-state index contributed by atoms with van der Waals surface area (Å²) >= 11 is 0. The van der Waals surface area contributed by atoms with E-state index in [1.165, 1.54) is 17.8 Å². The van der Waals surface area contributed by atoms with E-state index in [0.29, 0.717) is 68.9 Å². The number of nitrogens with zero attached hydrogens (tertiary/aromatic N) is 7. The summed E-state index contributed by atoms with van der Waals surface area (Å²) in [6.07, 6.45) is -3.68. The van der Waals surface area contributed by atoms with Crippen LogP contribution in [0.2, 0.25) is 0 Å². The summed E-state index contributed by atoms with van der Waals surface area (Å²) in [7, 11) is -5.32. The Kier molecular flexibility index (Phi) is 29.1. The standard InChI is InChI=1S/C62H90N13O14P.C8H17NO2.CN.Co/c1-29-20-39-40(21-30(29)2)75(28-70-39)57-52(84)53(41(27-76)87-57)89-90(85,86)88-31(3)26-69-49(83)18-19-59(8)37(22-46(66)80)56-62(11)61(10,25-48(68)82)36(14-17-45(65)79)51(74-62)33(5)55-60(9,24-47(67)81)34(12-15-43(63)77)38(71-55)23-42-58(6,7)35(13-16-44(64)78)50(72-42)32(4)54(59)73-56;1-6(2)3-7(5-9)4-8(10)11;1-2;/h20-21,23,28,31,34-37,41,52-53,56-57,76,84H,12-19,22,24-27H2,1-11H3,(H15,63,64,65,66,67,68,69,71,72,73,74,77,78,79,80,81,82,83,85,86);6-7H,3-5,9H2,1-2H3,(H,10,11);;/q;;-1;+3/p-2/t31-,34+,35+,36+,37-,41+,52+,53+,56+,57-,59+,60-,61-,62-;7-;;/m00../s1. The molecule has 0 saturated carbocycles. The third kappa shape index (κ3) is 18.8. The molecule has 574 valence electrons. The molecule has 6 aliphatic heterocycles. The topological polar surface area (TPSA) is 552 Å². The van der Waals surface area contributed by atoms with Gasteiger partial charge in [0.05, 0.1) is 41.3 Å². The first kappa shape index (κ1) is 87.1. The number of aryl methyl sites for hydroxylation is 2. The Morgan fingerprint density at radius 1 is 0.798 bits per heavy atom. The first-order valence-electron chi connectivity index (χ1n) is 34.7. The first-order valence-corrected chi connectivity index (χ1v) is 36.2.